The zero-order valence-corrected chi connectivity index (χ0v) is 20.4. The summed E-state index contributed by atoms with van der Waals surface area (Å²) >= 11 is 0. The molecule has 1 aliphatic heterocycles. The summed E-state index contributed by atoms with van der Waals surface area (Å²) in [4.78, 5) is 16.1. The van der Waals surface area contributed by atoms with Crippen LogP contribution in [0.3, 0.4) is 0 Å². The molecule has 0 amide bonds. The van der Waals surface area contributed by atoms with Crippen molar-refractivity contribution in [2.75, 3.05) is 20.1 Å². The van der Waals surface area contributed by atoms with E-state index in [1.165, 1.54) is 6.07 Å². The fourth-order valence-electron chi connectivity index (χ4n) is 4.96. The average molecular weight is 479 g/mol. The monoisotopic (exact) mass is 478 g/mol. The van der Waals surface area contributed by atoms with Gasteiger partial charge in [0.1, 0.15) is 5.82 Å². The molecule has 6 nitrogen and oxygen atoms in total. The zero-order valence-electron chi connectivity index (χ0n) is 20.4. The van der Waals surface area contributed by atoms with E-state index in [-0.39, 0.29) is 5.82 Å². The molecule has 0 aliphatic carbocycles. The molecule has 5 heterocycles. The van der Waals surface area contributed by atoms with Gasteiger partial charge in [0.2, 0.25) is 0 Å². The van der Waals surface area contributed by atoms with Crippen molar-refractivity contribution in [1.29, 1.82) is 0 Å². The van der Waals surface area contributed by atoms with E-state index < -0.39 is 0 Å². The number of hydrogen-bond acceptors (Lipinski definition) is 5. The Morgan fingerprint density at radius 2 is 1.75 bits per heavy atom. The standard InChI is InChI=1S/C29H27FN6/c1-19-5-6-27(30)26(12-19)28-14-25(24-4-3-9-32-29(24)34-28)21-13-20(15-31-16-21)22-17-33-36(18-22)23-7-10-35(2)11-8-23/h3-6,9,12-18,23H,7-8,10-11H2,1-2H3. The quantitative estimate of drug-likeness (QED) is 0.320. The third-order valence-electron chi connectivity index (χ3n) is 7.03. The fourth-order valence-corrected chi connectivity index (χ4v) is 4.96. The van der Waals surface area contributed by atoms with E-state index in [0.717, 1.165) is 59.1 Å². The molecular weight excluding hydrogens is 451 g/mol. The number of pyridine rings is 3. The number of hydrogen-bond donors (Lipinski definition) is 0. The summed E-state index contributed by atoms with van der Waals surface area (Å²) in [5.41, 5.74) is 6.43. The minimum atomic E-state index is -0.303. The van der Waals surface area contributed by atoms with E-state index >= 15 is 0 Å². The van der Waals surface area contributed by atoms with E-state index in [9.17, 15) is 4.39 Å². The number of likely N-dealkylation sites (tertiary alicyclic amines) is 1. The Bertz CT molecular complexity index is 1550. The lowest BCUT2D eigenvalue weighted by Crippen LogP contribution is -2.31. The van der Waals surface area contributed by atoms with Crippen molar-refractivity contribution in [2.24, 2.45) is 0 Å². The first-order valence-electron chi connectivity index (χ1n) is 12.3. The van der Waals surface area contributed by atoms with Crippen LogP contribution < -0.4 is 0 Å². The Hall–Kier alpha value is -3.97. The van der Waals surface area contributed by atoms with Crippen LogP contribution in [0.25, 0.3) is 44.5 Å². The van der Waals surface area contributed by atoms with Gasteiger partial charge < -0.3 is 4.90 Å². The smallest absolute Gasteiger partial charge is 0.160 e. The number of aryl methyl sites for hydroxylation is 1. The van der Waals surface area contributed by atoms with Gasteiger partial charge in [0, 0.05) is 52.4 Å². The highest BCUT2D eigenvalue weighted by Crippen LogP contribution is 2.34. The summed E-state index contributed by atoms with van der Waals surface area (Å²) in [7, 11) is 2.17. The van der Waals surface area contributed by atoms with Crippen LogP contribution in [-0.4, -0.2) is 49.8 Å². The summed E-state index contributed by atoms with van der Waals surface area (Å²) in [5, 5.41) is 5.57. The molecule has 7 heteroatoms. The highest BCUT2D eigenvalue weighted by atomic mass is 19.1. The van der Waals surface area contributed by atoms with Gasteiger partial charge in [0.05, 0.1) is 17.9 Å². The molecule has 0 N–H and O–H groups in total. The normalized spacial score (nSPS) is 15.0. The van der Waals surface area contributed by atoms with Crippen LogP contribution in [0, 0.1) is 12.7 Å². The molecule has 1 saturated heterocycles. The maximum Gasteiger partial charge on any atom is 0.160 e. The molecule has 0 saturated carbocycles. The van der Waals surface area contributed by atoms with Crippen LogP contribution in [-0.2, 0) is 0 Å². The first-order valence-corrected chi connectivity index (χ1v) is 12.3. The lowest BCUT2D eigenvalue weighted by Gasteiger charge is -2.28. The van der Waals surface area contributed by atoms with Crippen molar-refractivity contribution < 1.29 is 4.39 Å². The minimum Gasteiger partial charge on any atom is -0.306 e. The Labute approximate surface area is 209 Å². The average Bonchev–Trinajstić information content (AvgIpc) is 3.40. The molecule has 5 aromatic rings. The molecule has 180 valence electrons. The van der Waals surface area contributed by atoms with Crippen LogP contribution in [0.2, 0.25) is 0 Å². The van der Waals surface area contributed by atoms with Gasteiger partial charge in [-0.15, -0.1) is 0 Å². The van der Waals surface area contributed by atoms with Crippen molar-refractivity contribution in [2.45, 2.75) is 25.8 Å². The van der Waals surface area contributed by atoms with Gasteiger partial charge in [-0.1, -0.05) is 11.6 Å². The Morgan fingerprint density at radius 3 is 2.61 bits per heavy atom. The molecule has 0 unspecified atom stereocenters. The van der Waals surface area contributed by atoms with Gasteiger partial charge in [-0.05, 0) is 81.9 Å². The van der Waals surface area contributed by atoms with Gasteiger partial charge in [0.25, 0.3) is 0 Å². The third-order valence-corrected chi connectivity index (χ3v) is 7.03. The number of nitrogens with zero attached hydrogens (tertiary/aromatic N) is 6. The van der Waals surface area contributed by atoms with Crippen LogP contribution in [0.4, 0.5) is 4.39 Å². The second-order valence-electron chi connectivity index (χ2n) is 9.62. The second kappa shape index (κ2) is 9.24. The number of rotatable bonds is 4. The van der Waals surface area contributed by atoms with Crippen LogP contribution in [0.1, 0.15) is 24.4 Å². The molecule has 0 atom stereocenters. The molecule has 1 aromatic carbocycles. The van der Waals surface area contributed by atoms with Gasteiger partial charge in [-0.2, -0.15) is 5.10 Å². The van der Waals surface area contributed by atoms with E-state index in [2.05, 4.69) is 48.9 Å². The fraction of sp³-hybridized carbons (Fsp3) is 0.241. The molecule has 4 aromatic heterocycles. The highest BCUT2D eigenvalue weighted by Gasteiger charge is 2.19. The maximum atomic E-state index is 14.8. The van der Waals surface area contributed by atoms with Gasteiger partial charge >= 0.3 is 0 Å². The number of fused-ring (bicyclic) bond motifs is 1. The molecule has 1 aliphatic rings. The summed E-state index contributed by atoms with van der Waals surface area (Å²) in [5.74, 6) is -0.303. The molecule has 36 heavy (non-hydrogen) atoms. The molecule has 6 rings (SSSR count). The largest absolute Gasteiger partial charge is 0.306 e. The number of halogens is 1. The summed E-state index contributed by atoms with van der Waals surface area (Å²) in [6.45, 7) is 4.12. The van der Waals surface area contributed by atoms with Gasteiger partial charge in [-0.25, -0.2) is 14.4 Å². The van der Waals surface area contributed by atoms with Crippen molar-refractivity contribution in [3.05, 3.63) is 84.8 Å². The number of aromatic nitrogens is 5. The van der Waals surface area contributed by atoms with Crippen molar-refractivity contribution in [1.82, 2.24) is 29.6 Å². The van der Waals surface area contributed by atoms with Crippen molar-refractivity contribution in [3.8, 4) is 33.5 Å². The zero-order chi connectivity index (χ0) is 24.6. The third kappa shape index (κ3) is 4.27. The highest BCUT2D eigenvalue weighted by molar-refractivity contribution is 5.95. The summed E-state index contributed by atoms with van der Waals surface area (Å²) in [6, 6.07) is 13.4. The van der Waals surface area contributed by atoms with Crippen LogP contribution in [0.5, 0.6) is 0 Å². The van der Waals surface area contributed by atoms with Gasteiger partial charge in [-0.3, -0.25) is 9.67 Å². The number of piperidine rings is 1. The van der Waals surface area contributed by atoms with Crippen LogP contribution in [0.15, 0.2) is 73.4 Å². The lowest BCUT2D eigenvalue weighted by molar-refractivity contribution is 0.212. The molecular formula is C29H27FN6. The predicted molar refractivity (Wildman–Crippen MR) is 140 cm³/mol. The van der Waals surface area contributed by atoms with E-state index in [4.69, 9.17) is 0 Å². The molecule has 0 spiro atoms. The number of benzene rings is 1. The predicted octanol–water partition coefficient (Wildman–Crippen LogP) is 5.94. The minimum absolute atomic E-state index is 0.303. The van der Waals surface area contributed by atoms with Crippen molar-refractivity contribution >= 4 is 11.0 Å². The van der Waals surface area contributed by atoms with E-state index in [1.807, 2.05) is 49.8 Å². The Balaban J connectivity index is 1.42. The first kappa shape index (κ1) is 22.5. The first-order chi connectivity index (χ1) is 17.5. The second-order valence-corrected chi connectivity index (χ2v) is 9.62. The summed E-state index contributed by atoms with van der Waals surface area (Å²) in [6.07, 6.45) is 11.6. The maximum absolute atomic E-state index is 14.8. The molecule has 1 fully saturated rings. The van der Waals surface area contributed by atoms with Gasteiger partial charge in [0.15, 0.2) is 5.65 Å². The Kier molecular flexibility index (Phi) is 5.77. The SMILES string of the molecule is Cc1ccc(F)c(-c2cc(-c3cncc(-c4cnn(C5CCN(C)CC5)c4)c3)c3cccnc3n2)c1. The lowest BCUT2D eigenvalue weighted by atomic mass is 9.98. The topological polar surface area (TPSA) is 59.7 Å². The Morgan fingerprint density at radius 1 is 0.917 bits per heavy atom. The molecule has 0 radical (unpaired) electrons. The van der Waals surface area contributed by atoms with E-state index in [1.54, 1.807) is 12.3 Å². The van der Waals surface area contributed by atoms with Crippen LogP contribution >= 0.6 is 0 Å². The molecule has 0 bridgehead atoms. The van der Waals surface area contributed by atoms with E-state index in [0.29, 0.717) is 22.9 Å². The summed E-state index contributed by atoms with van der Waals surface area (Å²) < 4.78 is 16.9. The van der Waals surface area contributed by atoms with Crippen molar-refractivity contribution in [3.63, 3.8) is 0 Å².